The maximum atomic E-state index is 12.6. The number of carbonyl (C=O) groups is 1. The zero-order valence-electron chi connectivity index (χ0n) is 18.9. The number of fused-ring (bicyclic) bond motifs is 1. The molecule has 3 aromatic rings. The number of hydrogen-bond acceptors (Lipinski definition) is 5. The highest BCUT2D eigenvalue weighted by Gasteiger charge is 2.19. The first kappa shape index (κ1) is 21.5. The summed E-state index contributed by atoms with van der Waals surface area (Å²) >= 11 is 0. The molecule has 1 amide bonds. The van der Waals surface area contributed by atoms with Gasteiger partial charge in [-0.15, -0.1) is 0 Å². The summed E-state index contributed by atoms with van der Waals surface area (Å²) in [6, 6.07) is 12.0. The number of carbonyl (C=O) groups excluding carboxylic acids is 1. The minimum Gasteiger partial charge on any atom is -0.461 e. The number of likely N-dealkylation sites (N-methyl/N-ethyl adjacent to an activating group) is 1. The van der Waals surface area contributed by atoms with E-state index in [1.165, 1.54) is 0 Å². The van der Waals surface area contributed by atoms with Crippen molar-refractivity contribution < 1.29 is 13.9 Å². The standard InChI is InChI=1S/C25H31N3O3/c1-25(2,3)27(4)10-9-21-16-20-15-18(6-8-23(20)31-21)22-7-5-19(17-26-22)24(29)28-11-13-30-14-12-28/h5-8,15-17H,9-14H2,1-4H3. The molecule has 1 aliphatic heterocycles. The van der Waals surface area contributed by atoms with Gasteiger partial charge in [0, 0.05) is 48.7 Å². The van der Waals surface area contributed by atoms with Crippen molar-refractivity contribution in [2.75, 3.05) is 39.9 Å². The molecule has 0 aliphatic carbocycles. The van der Waals surface area contributed by atoms with Crippen LogP contribution in [0, 0.1) is 0 Å². The van der Waals surface area contributed by atoms with Gasteiger partial charge in [0.2, 0.25) is 0 Å². The highest BCUT2D eigenvalue weighted by molar-refractivity contribution is 5.94. The summed E-state index contributed by atoms with van der Waals surface area (Å²) in [6.07, 6.45) is 2.54. The van der Waals surface area contributed by atoms with Crippen molar-refractivity contribution in [3.63, 3.8) is 0 Å². The average Bonchev–Trinajstić information content (AvgIpc) is 3.19. The lowest BCUT2D eigenvalue weighted by Crippen LogP contribution is -2.40. The third kappa shape index (κ3) is 4.97. The number of pyridine rings is 1. The van der Waals surface area contributed by atoms with E-state index in [9.17, 15) is 4.79 Å². The Kier molecular flexibility index (Phi) is 6.12. The Balaban J connectivity index is 1.47. The molecule has 0 N–H and O–H groups in total. The molecule has 1 aromatic carbocycles. The Morgan fingerprint density at radius 2 is 1.90 bits per heavy atom. The van der Waals surface area contributed by atoms with E-state index in [-0.39, 0.29) is 11.4 Å². The lowest BCUT2D eigenvalue weighted by Gasteiger charge is -2.31. The Hall–Kier alpha value is -2.70. The van der Waals surface area contributed by atoms with Crippen LogP contribution >= 0.6 is 0 Å². The van der Waals surface area contributed by atoms with E-state index < -0.39 is 0 Å². The van der Waals surface area contributed by atoms with E-state index in [2.05, 4.69) is 49.8 Å². The van der Waals surface area contributed by atoms with Crippen molar-refractivity contribution in [2.24, 2.45) is 0 Å². The number of furan rings is 1. The van der Waals surface area contributed by atoms with Crippen molar-refractivity contribution in [3.05, 3.63) is 53.9 Å². The number of nitrogens with zero attached hydrogens (tertiary/aromatic N) is 3. The first-order valence-electron chi connectivity index (χ1n) is 10.9. The first-order valence-corrected chi connectivity index (χ1v) is 10.9. The Bertz CT molecular complexity index is 1040. The van der Waals surface area contributed by atoms with E-state index in [1.807, 2.05) is 29.2 Å². The molecule has 1 fully saturated rings. The predicted octanol–water partition coefficient (Wildman–Crippen LogP) is 4.24. The second-order valence-corrected chi connectivity index (χ2v) is 9.14. The van der Waals surface area contributed by atoms with Gasteiger partial charge in [-0.05, 0) is 64.2 Å². The minimum atomic E-state index is 0.0116. The van der Waals surface area contributed by atoms with Gasteiger partial charge in [-0.2, -0.15) is 0 Å². The summed E-state index contributed by atoms with van der Waals surface area (Å²) in [4.78, 5) is 21.3. The third-order valence-corrected chi connectivity index (χ3v) is 6.01. The highest BCUT2D eigenvalue weighted by Crippen LogP contribution is 2.26. The molecule has 0 bridgehead atoms. The van der Waals surface area contributed by atoms with Crippen molar-refractivity contribution in [2.45, 2.75) is 32.7 Å². The molecule has 6 nitrogen and oxygen atoms in total. The molecule has 2 aromatic heterocycles. The summed E-state index contributed by atoms with van der Waals surface area (Å²) in [6.45, 7) is 10.0. The van der Waals surface area contributed by atoms with Crippen LogP contribution in [-0.2, 0) is 11.2 Å². The maximum Gasteiger partial charge on any atom is 0.255 e. The number of ether oxygens (including phenoxy) is 1. The van der Waals surface area contributed by atoms with Gasteiger partial charge in [-0.3, -0.25) is 9.78 Å². The molecular weight excluding hydrogens is 390 g/mol. The molecular formula is C25H31N3O3. The van der Waals surface area contributed by atoms with E-state index in [1.54, 1.807) is 6.20 Å². The quantitative estimate of drug-likeness (QED) is 0.617. The number of morpholine rings is 1. The zero-order valence-corrected chi connectivity index (χ0v) is 18.9. The SMILES string of the molecule is CN(CCc1cc2cc(-c3ccc(C(=O)N4CCOCC4)cn3)ccc2o1)C(C)(C)C. The summed E-state index contributed by atoms with van der Waals surface area (Å²) in [5.41, 5.74) is 3.49. The number of aromatic nitrogens is 1. The van der Waals surface area contributed by atoms with Crippen LogP contribution in [-0.4, -0.2) is 66.1 Å². The van der Waals surface area contributed by atoms with Crippen molar-refractivity contribution in [1.82, 2.24) is 14.8 Å². The topological polar surface area (TPSA) is 58.8 Å². The number of rotatable bonds is 5. The van der Waals surface area contributed by atoms with Gasteiger partial charge in [0.1, 0.15) is 11.3 Å². The largest absolute Gasteiger partial charge is 0.461 e. The van der Waals surface area contributed by atoms with Crippen LogP contribution < -0.4 is 0 Å². The molecule has 0 atom stereocenters. The Labute approximate surface area is 183 Å². The normalized spacial score (nSPS) is 15.1. The Morgan fingerprint density at radius 3 is 2.58 bits per heavy atom. The van der Waals surface area contributed by atoms with Gasteiger partial charge in [0.25, 0.3) is 5.91 Å². The van der Waals surface area contributed by atoms with E-state index in [0.717, 1.165) is 41.0 Å². The van der Waals surface area contributed by atoms with Crippen molar-refractivity contribution >= 4 is 16.9 Å². The van der Waals surface area contributed by atoms with Gasteiger partial charge >= 0.3 is 0 Å². The maximum absolute atomic E-state index is 12.6. The molecule has 4 rings (SSSR count). The van der Waals surface area contributed by atoms with Crippen LogP contribution in [0.15, 0.2) is 47.0 Å². The summed E-state index contributed by atoms with van der Waals surface area (Å²) in [5, 5.41) is 1.07. The van der Waals surface area contributed by atoms with Gasteiger partial charge in [0.05, 0.1) is 24.5 Å². The predicted molar refractivity (Wildman–Crippen MR) is 122 cm³/mol. The van der Waals surface area contributed by atoms with Crippen LogP contribution in [0.2, 0.25) is 0 Å². The second-order valence-electron chi connectivity index (χ2n) is 9.14. The second kappa shape index (κ2) is 8.81. The van der Waals surface area contributed by atoms with Gasteiger partial charge in [0.15, 0.2) is 0 Å². The van der Waals surface area contributed by atoms with Crippen LogP contribution in [0.3, 0.4) is 0 Å². The molecule has 0 radical (unpaired) electrons. The molecule has 0 unspecified atom stereocenters. The van der Waals surface area contributed by atoms with Crippen LogP contribution in [0.5, 0.6) is 0 Å². The molecule has 1 saturated heterocycles. The van der Waals surface area contributed by atoms with Gasteiger partial charge in [-0.25, -0.2) is 0 Å². The molecule has 164 valence electrons. The number of benzene rings is 1. The molecule has 3 heterocycles. The third-order valence-electron chi connectivity index (χ3n) is 6.01. The van der Waals surface area contributed by atoms with Gasteiger partial charge in [-0.1, -0.05) is 0 Å². The number of hydrogen-bond donors (Lipinski definition) is 0. The summed E-state index contributed by atoms with van der Waals surface area (Å²) in [7, 11) is 2.14. The van der Waals surface area contributed by atoms with Gasteiger partial charge < -0.3 is 19.0 Å². The average molecular weight is 422 g/mol. The van der Waals surface area contributed by atoms with Crippen LogP contribution in [0.4, 0.5) is 0 Å². The fraction of sp³-hybridized carbons (Fsp3) is 0.440. The lowest BCUT2D eigenvalue weighted by atomic mass is 10.1. The molecule has 0 saturated carbocycles. The van der Waals surface area contributed by atoms with E-state index in [0.29, 0.717) is 31.9 Å². The lowest BCUT2D eigenvalue weighted by molar-refractivity contribution is 0.0302. The monoisotopic (exact) mass is 421 g/mol. The van der Waals surface area contributed by atoms with Crippen molar-refractivity contribution in [1.29, 1.82) is 0 Å². The van der Waals surface area contributed by atoms with Crippen LogP contribution in [0.25, 0.3) is 22.2 Å². The molecule has 31 heavy (non-hydrogen) atoms. The summed E-state index contributed by atoms with van der Waals surface area (Å²) < 4.78 is 11.4. The fourth-order valence-corrected chi connectivity index (χ4v) is 3.63. The minimum absolute atomic E-state index is 0.0116. The van der Waals surface area contributed by atoms with E-state index in [4.69, 9.17) is 9.15 Å². The highest BCUT2D eigenvalue weighted by atomic mass is 16.5. The first-order chi connectivity index (χ1) is 14.8. The number of amides is 1. The zero-order chi connectivity index (χ0) is 22.0. The molecule has 1 aliphatic rings. The molecule has 6 heteroatoms. The summed E-state index contributed by atoms with van der Waals surface area (Å²) in [5.74, 6) is 1.00. The van der Waals surface area contributed by atoms with E-state index >= 15 is 0 Å². The smallest absolute Gasteiger partial charge is 0.255 e. The van der Waals surface area contributed by atoms with Crippen molar-refractivity contribution in [3.8, 4) is 11.3 Å². The van der Waals surface area contributed by atoms with Crippen LogP contribution in [0.1, 0.15) is 36.9 Å². The fourth-order valence-electron chi connectivity index (χ4n) is 3.63. The molecule has 0 spiro atoms. The Morgan fingerprint density at radius 1 is 1.13 bits per heavy atom.